The Morgan fingerprint density at radius 2 is 1.96 bits per heavy atom. The average Bonchev–Trinajstić information content (AvgIpc) is 3.09. The molecule has 2 heterocycles. The van der Waals surface area contributed by atoms with Gasteiger partial charge >= 0.3 is 0 Å². The Kier molecular flexibility index (Phi) is 3.58. The van der Waals surface area contributed by atoms with Gasteiger partial charge < -0.3 is 10.6 Å². The van der Waals surface area contributed by atoms with Crippen LogP contribution in [0.1, 0.15) is 27.7 Å². The van der Waals surface area contributed by atoms with Gasteiger partial charge in [-0.15, -0.1) is 11.3 Å². The van der Waals surface area contributed by atoms with Crippen molar-refractivity contribution in [2.75, 3.05) is 5.32 Å². The Hall–Kier alpha value is -2.66. The highest BCUT2D eigenvalue weighted by Crippen LogP contribution is 2.32. The van der Waals surface area contributed by atoms with Crippen LogP contribution < -0.4 is 10.6 Å². The summed E-state index contributed by atoms with van der Waals surface area (Å²) in [6, 6.07) is 14.6. The maximum atomic E-state index is 14.6. The fraction of sp³-hybridized carbons (Fsp3) is 0.105. The molecule has 0 fully saturated rings. The van der Waals surface area contributed by atoms with Crippen LogP contribution in [0.25, 0.3) is 10.4 Å². The minimum Gasteiger partial charge on any atom is -0.361 e. The number of nitrogens with one attached hydrogen (secondary N) is 2. The third kappa shape index (κ3) is 2.47. The van der Waals surface area contributed by atoms with E-state index in [4.69, 9.17) is 0 Å². The zero-order chi connectivity index (χ0) is 16.7. The van der Waals surface area contributed by atoms with Crippen LogP contribution in [0.15, 0.2) is 53.9 Å². The minimum absolute atomic E-state index is 0.186. The van der Waals surface area contributed by atoms with Crippen LogP contribution in [0.5, 0.6) is 0 Å². The molecule has 0 radical (unpaired) electrons. The van der Waals surface area contributed by atoms with Gasteiger partial charge in [-0.3, -0.25) is 4.79 Å². The molecule has 1 aliphatic heterocycles. The monoisotopic (exact) mass is 338 g/mol. The molecule has 0 aliphatic carbocycles. The second-order valence-corrected chi connectivity index (χ2v) is 6.71. The molecular formula is C19H15FN2OS. The molecular weight excluding hydrogens is 323 g/mol. The summed E-state index contributed by atoms with van der Waals surface area (Å²) in [5.74, 6) is -0.525. The van der Waals surface area contributed by atoms with E-state index < -0.39 is 6.17 Å². The Balaban J connectivity index is 1.69. The first-order valence-corrected chi connectivity index (χ1v) is 8.52. The van der Waals surface area contributed by atoms with Crippen molar-refractivity contribution in [1.82, 2.24) is 5.32 Å². The molecule has 2 N–H and O–H groups in total. The minimum atomic E-state index is -0.579. The number of aryl methyl sites for hydroxylation is 1. The van der Waals surface area contributed by atoms with Crippen molar-refractivity contribution in [2.45, 2.75) is 13.1 Å². The number of carbonyl (C=O) groups is 1. The molecule has 5 heteroatoms. The molecule has 2 aromatic carbocycles. The summed E-state index contributed by atoms with van der Waals surface area (Å²) >= 11 is 1.57. The number of rotatable bonds is 2. The zero-order valence-electron chi connectivity index (χ0n) is 13.0. The average molecular weight is 338 g/mol. The predicted molar refractivity (Wildman–Crippen MR) is 94.7 cm³/mol. The molecule has 1 aromatic heterocycles. The van der Waals surface area contributed by atoms with Gasteiger partial charge in [0.1, 0.15) is 12.0 Å². The van der Waals surface area contributed by atoms with Crippen molar-refractivity contribution in [1.29, 1.82) is 0 Å². The number of hydrogen-bond donors (Lipinski definition) is 2. The topological polar surface area (TPSA) is 41.1 Å². The van der Waals surface area contributed by atoms with Crippen molar-refractivity contribution < 1.29 is 9.18 Å². The number of benzene rings is 2. The van der Waals surface area contributed by atoms with Crippen molar-refractivity contribution in [3.8, 4) is 10.4 Å². The van der Waals surface area contributed by atoms with E-state index in [9.17, 15) is 9.18 Å². The third-order valence-electron chi connectivity index (χ3n) is 4.19. The van der Waals surface area contributed by atoms with E-state index in [2.05, 4.69) is 10.6 Å². The van der Waals surface area contributed by atoms with E-state index >= 15 is 0 Å². The highest BCUT2D eigenvalue weighted by Gasteiger charge is 2.27. The third-order valence-corrected chi connectivity index (χ3v) is 5.11. The number of thiophene rings is 1. The summed E-state index contributed by atoms with van der Waals surface area (Å²) in [6.45, 7) is 1.89. The Morgan fingerprint density at radius 1 is 1.08 bits per heavy atom. The van der Waals surface area contributed by atoms with E-state index in [1.807, 2.05) is 48.7 Å². The van der Waals surface area contributed by atoms with Crippen LogP contribution in [-0.2, 0) is 0 Å². The number of amides is 1. The van der Waals surface area contributed by atoms with Crippen molar-refractivity contribution in [3.63, 3.8) is 0 Å². The molecule has 1 unspecified atom stereocenters. The van der Waals surface area contributed by atoms with Crippen molar-refractivity contribution in [3.05, 3.63) is 76.4 Å². The molecule has 0 saturated carbocycles. The van der Waals surface area contributed by atoms with Crippen molar-refractivity contribution >= 4 is 22.9 Å². The first-order chi connectivity index (χ1) is 11.6. The van der Waals surface area contributed by atoms with Crippen LogP contribution in [0.4, 0.5) is 10.1 Å². The molecule has 3 nitrogen and oxygen atoms in total. The van der Waals surface area contributed by atoms with E-state index in [-0.39, 0.29) is 11.7 Å². The zero-order valence-corrected chi connectivity index (χ0v) is 13.8. The predicted octanol–water partition coefficient (Wildman–Crippen LogP) is 4.72. The van der Waals surface area contributed by atoms with Crippen LogP contribution in [0.3, 0.4) is 0 Å². The fourth-order valence-electron chi connectivity index (χ4n) is 3.00. The fourth-order valence-corrected chi connectivity index (χ4v) is 3.72. The van der Waals surface area contributed by atoms with E-state index in [0.717, 1.165) is 21.7 Å². The standard InChI is InChI=1S/C19H15FN2OS/c1-11-4-2-5-15-17(11)19(23)22-18(21-15)13-8-7-12(10-14(13)20)16-6-3-9-24-16/h2-10,18,21H,1H3,(H,22,23). The summed E-state index contributed by atoms with van der Waals surface area (Å²) in [6.07, 6.45) is -0.579. The lowest BCUT2D eigenvalue weighted by atomic mass is 10.0. The Morgan fingerprint density at radius 3 is 2.71 bits per heavy atom. The Bertz CT molecular complexity index is 921. The van der Waals surface area contributed by atoms with Crippen molar-refractivity contribution in [2.24, 2.45) is 0 Å². The number of halogens is 1. The first-order valence-electron chi connectivity index (χ1n) is 7.64. The van der Waals surface area contributed by atoms with Gasteiger partial charge in [0.25, 0.3) is 5.91 Å². The van der Waals surface area contributed by atoms with E-state index in [0.29, 0.717) is 11.1 Å². The Labute approximate surface area is 143 Å². The first kappa shape index (κ1) is 14.9. The van der Waals surface area contributed by atoms with Gasteiger partial charge in [-0.25, -0.2) is 4.39 Å². The molecule has 1 aliphatic rings. The van der Waals surface area contributed by atoms with Gasteiger partial charge in [-0.05, 0) is 41.6 Å². The quantitative estimate of drug-likeness (QED) is 0.710. The van der Waals surface area contributed by atoms with Crippen LogP contribution >= 0.6 is 11.3 Å². The normalized spacial score (nSPS) is 16.2. The van der Waals surface area contributed by atoms with Gasteiger partial charge in [0.15, 0.2) is 0 Å². The van der Waals surface area contributed by atoms with Gasteiger partial charge in [0, 0.05) is 16.1 Å². The maximum absolute atomic E-state index is 14.6. The lowest BCUT2D eigenvalue weighted by Crippen LogP contribution is -2.39. The summed E-state index contributed by atoms with van der Waals surface area (Å²) in [7, 11) is 0. The second kappa shape index (κ2) is 5.76. The molecule has 1 atom stereocenters. The molecule has 3 aromatic rings. The number of carbonyl (C=O) groups excluding carboxylic acids is 1. The highest BCUT2D eigenvalue weighted by molar-refractivity contribution is 7.13. The highest BCUT2D eigenvalue weighted by atomic mass is 32.1. The summed E-state index contributed by atoms with van der Waals surface area (Å²) in [5, 5.41) is 8.01. The lowest BCUT2D eigenvalue weighted by molar-refractivity contribution is 0.0934. The molecule has 24 heavy (non-hydrogen) atoms. The molecule has 1 amide bonds. The molecule has 0 saturated heterocycles. The van der Waals surface area contributed by atoms with Gasteiger partial charge in [-0.2, -0.15) is 0 Å². The summed E-state index contributed by atoms with van der Waals surface area (Å²) in [4.78, 5) is 13.4. The number of anilines is 1. The van der Waals surface area contributed by atoms with E-state index in [1.165, 1.54) is 6.07 Å². The largest absolute Gasteiger partial charge is 0.361 e. The van der Waals surface area contributed by atoms with Gasteiger partial charge in [-0.1, -0.05) is 30.3 Å². The van der Waals surface area contributed by atoms with Crippen LogP contribution in [0.2, 0.25) is 0 Å². The summed E-state index contributed by atoms with van der Waals surface area (Å²) < 4.78 is 14.6. The SMILES string of the molecule is Cc1cccc2c1C(=O)NC(c1ccc(-c3cccs3)cc1F)N2. The smallest absolute Gasteiger partial charge is 0.255 e. The van der Waals surface area contributed by atoms with Crippen LogP contribution in [0, 0.1) is 12.7 Å². The van der Waals surface area contributed by atoms with Crippen LogP contribution in [-0.4, -0.2) is 5.91 Å². The van der Waals surface area contributed by atoms with Gasteiger partial charge in [0.2, 0.25) is 0 Å². The maximum Gasteiger partial charge on any atom is 0.255 e. The number of fused-ring (bicyclic) bond motifs is 1. The van der Waals surface area contributed by atoms with E-state index in [1.54, 1.807) is 17.4 Å². The molecule has 0 bridgehead atoms. The second-order valence-electron chi connectivity index (χ2n) is 5.76. The number of hydrogen-bond acceptors (Lipinski definition) is 3. The molecule has 120 valence electrons. The molecule has 4 rings (SSSR count). The van der Waals surface area contributed by atoms with Gasteiger partial charge in [0.05, 0.1) is 5.56 Å². The molecule has 0 spiro atoms. The summed E-state index contributed by atoms with van der Waals surface area (Å²) in [5.41, 5.74) is 3.50. The lowest BCUT2D eigenvalue weighted by Gasteiger charge is -2.29.